The number of benzene rings is 1. The molecule has 1 saturated carbocycles. The Balaban J connectivity index is 1.11. The maximum absolute atomic E-state index is 13.2. The van der Waals surface area contributed by atoms with E-state index < -0.39 is 12.8 Å². The SMILES string of the molecule is O=C(c1cnc(OCC(F)(F)F)c(C2CC2)c1)N1CC2CN(C(=O)c3ccc4n[nH]nc4c3)CC2C1. The number of halogens is 3. The summed E-state index contributed by atoms with van der Waals surface area (Å²) in [4.78, 5) is 33.9. The number of aromatic nitrogens is 4. The number of carbonyl (C=O) groups is 2. The summed E-state index contributed by atoms with van der Waals surface area (Å²) in [6, 6.07) is 6.84. The van der Waals surface area contributed by atoms with Gasteiger partial charge in [0.2, 0.25) is 5.88 Å². The Kier molecular flexibility index (Phi) is 5.34. The van der Waals surface area contributed by atoms with Crippen LogP contribution in [-0.2, 0) is 0 Å². The van der Waals surface area contributed by atoms with E-state index in [0.29, 0.717) is 53.9 Å². The Morgan fingerprint density at radius 2 is 1.58 bits per heavy atom. The van der Waals surface area contributed by atoms with Gasteiger partial charge in [0.1, 0.15) is 11.0 Å². The first-order chi connectivity index (χ1) is 17.2. The molecule has 3 aliphatic rings. The third kappa shape index (κ3) is 4.35. The number of fused-ring (bicyclic) bond motifs is 2. The Morgan fingerprint density at radius 1 is 0.944 bits per heavy atom. The maximum atomic E-state index is 13.2. The zero-order valence-corrected chi connectivity index (χ0v) is 19.2. The van der Waals surface area contributed by atoms with Crippen LogP contribution in [0.3, 0.4) is 0 Å². The number of amides is 2. The third-order valence-electron chi connectivity index (χ3n) is 7.14. The van der Waals surface area contributed by atoms with Crippen molar-refractivity contribution in [2.24, 2.45) is 11.8 Å². The van der Waals surface area contributed by atoms with E-state index in [9.17, 15) is 22.8 Å². The minimum Gasteiger partial charge on any atom is -0.468 e. The summed E-state index contributed by atoms with van der Waals surface area (Å²) in [5.74, 6) is 0.0819. The lowest BCUT2D eigenvalue weighted by molar-refractivity contribution is -0.154. The van der Waals surface area contributed by atoms with Gasteiger partial charge in [0, 0.05) is 55.3 Å². The monoisotopic (exact) mass is 500 g/mol. The van der Waals surface area contributed by atoms with E-state index in [0.717, 1.165) is 12.8 Å². The van der Waals surface area contributed by atoms with Gasteiger partial charge in [-0.3, -0.25) is 9.59 Å². The summed E-state index contributed by atoms with van der Waals surface area (Å²) in [5, 5.41) is 10.6. The molecule has 4 heterocycles. The predicted molar refractivity (Wildman–Crippen MR) is 120 cm³/mol. The average molecular weight is 500 g/mol. The molecule has 2 aromatic heterocycles. The van der Waals surface area contributed by atoms with Gasteiger partial charge in [-0.1, -0.05) is 0 Å². The Morgan fingerprint density at radius 3 is 2.22 bits per heavy atom. The fraction of sp³-hybridized carbons (Fsp3) is 0.458. The first kappa shape index (κ1) is 22.7. The van der Waals surface area contributed by atoms with Crippen molar-refractivity contribution < 1.29 is 27.5 Å². The minimum absolute atomic E-state index is 0.0531. The second-order valence-corrected chi connectivity index (χ2v) is 9.76. The van der Waals surface area contributed by atoms with Gasteiger partial charge in [0.05, 0.1) is 5.56 Å². The van der Waals surface area contributed by atoms with Crippen molar-refractivity contribution >= 4 is 22.8 Å². The molecule has 1 aromatic carbocycles. The molecular weight excluding hydrogens is 477 g/mol. The van der Waals surface area contributed by atoms with E-state index in [1.165, 1.54) is 6.20 Å². The van der Waals surface area contributed by atoms with Gasteiger partial charge in [-0.15, -0.1) is 0 Å². The number of hydrogen-bond acceptors (Lipinski definition) is 6. The average Bonchev–Trinajstić information content (AvgIpc) is 3.26. The number of likely N-dealkylation sites (tertiary alicyclic amines) is 2. The van der Waals surface area contributed by atoms with Crippen LogP contribution in [0.15, 0.2) is 30.5 Å². The van der Waals surface area contributed by atoms with Gasteiger partial charge in [0.15, 0.2) is 6.61 Å². The molecule has 2 aliphatic heterocycles. The van der Waals surface area contributed by atoms with Crippen molar-refractivity contribution in [1.82, 2.24) is 30.2 Å². The van der Waals surface area contributed by atoms with E-state index in [1.54, 1.807) is 29.2 Å². The first-order valence-electron chi connectivity index (χ1n) is 11.8. The summed E-state index contributed by atoms with van der Waals surface area (Å²) in [6.07, 6.45) is -1.49. The molecule has 0 radical (unpaired) electrons. The van der Waals surface area contributed by atoms with Gasteiger partial charge in [-0.2, -0.15) is 28.6 Å². The van der Waals surface area contributed by atoms with Crippen molar-refractivity contribution in [2.75, 3.05) is 32.8 Å². The standard InChI is InChI=1S/C24H23F3N6O3/c25-24(26,27)12-36-21-18(13-1-2-13)5-15(7-28-21)23(35)33-10-16-8-32(9-17(16)11-33)22(34)14-3-4-19-20(6-14)30-31-29-19/h3-7,13,16-17H,1-2,8-12H2,(H,29,30,31). The highest BCUT2D eigenvalue weighted by Gasteiger charge is 2.43. The summed E-state index contributed by atoms with van der Waals surface area (Å²) in [7, 11) is 0. The largest absolute Gasteiger partial charge is 0.468 e. The second kappa shape index (κ2) is 8.45. The van der Waals surface area contributed by atoms with Gasteiger partial charge < -0.3 is 14.5 Å². The molecule has 3 aromatic rings. The summed E-state index contributed by atoms with van der Waals surface area (Å²) in [6.45, 7) is 0.728. The number of hydrogen-bond donors (Lipinski definition) is 1. The van der Waals surface area contributed by atoms with Gasteiger partial charge in [-0.05, 0) is 43.0 Å². The summed E-state index contributed by atoms with van der Waals surface area (Å²) in [5.41, 5.74) is 2.79. The van der Waals surface area contributed by atoms with Crippen molar-refractivity contribution in [2.45, 2.75) is 24.9 Å². The number of aromatic amines is 1. The summed E-state index contributed by atoms with van der Waals surface area (Å²) < 4.78 is 42.7. The van der Waals surface area contributed by atoms with E-state index in [1.807, 2.05) is 4.90 Å². The maximum Gasteiger partial charge on any atom is 0.422 e. The number of alkyl halides is 3. The quantitative estimate of drug-likeness (QED) is 0.578. The van der Waals surface area contributed by atoms with E-state index in [4.69, 9.17) is 4.74 Å². The number of rotatable bonds is 5. The van der Waals surface area contributed by atoms with E-state index >= 15 is 0 Å². The van der Waals surface area contributed by atoms with Crippen LogP contribution >= 0.6 is 0 Å². The van der Waals surface area contributed by atoms with Gasteiger partial charge in [-0.25, -0.2) is 4.98 Å². The number of H-pyrrole nitrogens is 1. The number of carbonyl (C=O) groups excluding carboxylic acids is 2. The van der Waals surface area contributed by atoms with Crippen molar-refractivity contribution in [3.63, 3.8) is 0 Å². The normalized spacial score (nSPS) is 21.8. The van der Waals surface area contributed by atoms with Crippen LogP contribution in [0, 0.1) is 11.8 Å². The Bertz CT molecular complexity index is 1320. The molecule has 12 heteroatoms. The smallest absolute Gasteiger partial charge is 0.422 e. The molecule has 6 rings (SSSR count). The molecule has 0 bridgehead atoms. The van der Waals surface area contributed by atoms with Crippen LogP contribution in [-0.4, -0.2) is 81.0 Å². The topological polar surface area (TPSA) is 104 Å². The lowest BCUT2D eigenvalue weighted by Crippen LogP contribution is -2.35. The lowest BCUT2D eigenvalue weighted by Gasteiger charge is -2.22. The Labute approximate surface area is 203 Å². The molecule has 1 N–H and O–H groups in total. The highest BCUT2D eigenvalue weighted by Crippen LogP contribution is 2.44. The molecule has 36 heavy (non-hydrogen) atoms. The van der Waals surface area contributed by atoms with Crippen LogP contribution in [0.5, 0.6) is 5.88 Å². The number of nitrogens with zero attached hydrogens (tertiary/aromatic N) is 5. The van der Waals surface area contributed by atoms with E-state index in [-0.39, 0.29) is 35.4 Å². The number of ether oxygens (including phenoxy) is 1. The molecule has 2 unspecified atom stereocenters. The highest BCUT2D eigenvalue weighted by molar-refractivity contribution is 5.97. The number of pyridine rings is 1. The van der Waals surface area contributed by atoms with Crippen LogP contribution < -0.4 is 4.74 Å². The summed E-state index contributed by atoms with van der Waals surface area (Å²) >= 11 is 0. The fourth-order valence-corrected chi connectivity index (χ4v) is 5.21. The van der Waals surface area contributed by atoms with Crippen LogP contribution in [0.25, 0.3) is 11.0 Å². The van der Waals surface area contributed by atoms with Crippen molar-refractivity contribution in [3.05, 3.63) is 47.2 Å². The zero-order chi connectivity index (χ0) is 25.0. The van der Waals surface area contributed by atoms with Crippen molar-refractivity contribution in [1.29, 1.82) is 0 Å². The molecule has 2 saturated heterocycles. The number of nitrogens with one attached hydrogen (secondary N) is 1. The molecule has 9 nitrogen and oxygen atoms in total. The molecule has 188 valence electrons. The van der Waals surface area contributed by atoms with Crippen LogP contribution in [0.2, 0.25) is 0 Å². The fourth-order valence-electron chi connectivity index (χ4n) is 5.21. The second-order valence-electron chi connectivity index (χ2n) is 9.76. The Hall–Kier alpha value is -3.70. The first-order valence-corrected chi connectivity index (χ1v) is 11.8. The highest BCUT2D eigenvalue weighted by atomic mass is 19.4. The molecule has 0 spiro atoms. The molecule has 3 fully saturated rings. The van der Waals surface area contributed by atoms with Crippen molar-refractivity contribution in [3.8, 4) is 5.88 Å². The molecular formula is C24H23F3N6O3. The minimum atomic E-state index is -4.46. The van der Waals surface area contributed by atoms with E-state index in [2.05, 4.69) is 20.4 Å². The van der Waals surface area contributed by atoms with Crippen LogP contribution in [0.4, 0.5) is 13.2 Å². The van der Waals surface area contributed by atoms with Crippen LogP contribution in [0.1, 0.15) is 45.0 Å². The lowest BCUT2D eigenvalue weighted by atomic mass is 10.0. The van der Waals surface area contributed by atoms with Gasteiger partial charge >= 0.3 is 6.18 Å². The molecule has 2 atom stereocenters. The molecule has 1 aliphatic carbocycles. The van der Waals surface area contributed by atoms with Gasteiger partial charge in [0.25, 0.3) is 11.8 Å². The predicted octanol–water partition coefficient (Wildman–Crippen LogP) is 3.02. The molecule has 2 amide bonds. The zero-order valence-electron chi connectivity index (χ0n) is 19.2. The third-order valence-corrected chi connectivity index (χ3v) is 7.14.